The lowest BCUT2D eigenvalue weighted by atomic mass is 10.1. The van der Waals surface area contributed by atoms with E-state index in [9.17, 15) is 10.1 Å². The molecule has 0 unspecified atom stereocenters. The van der Waals surface area contributed by atoms with Gasteiger partial charge >= 0.3 is 0 Å². The normalized spacial score (nSPS) is 10.3. The number of nitrogens with one attached hydrogen (secondary N) is 1. The minimum Gasteiger partial charge on any atom is -0.381 e. The predicted molar refractivity (Wildman–Crippen MR) is 81.3 cm³/mol. The van der Waals surface area contributed by atoms with E-state index in [1.807, 2.05) is 38.1 Å². The SMILES string of the molecule is Cc1ccc(CNc2cc(Cl)c([N+](=O)[O-])cc2C)cc1. The average Bonchev–Trinajstić information content (AvgIpc) is 2.41. The first-order chi connectivity index (χ1) is 9.47. The van der Waals surface area contributed by atoms with Gasteiger partial charge in [-0.15, -0.1) is 0 Å². The number of nitrogens with zero attached hydrogens (tertiary/aromatic N) is 1. The first-order valence-electron chi connectivity index (χ1n) is 6.21. The topological polar surface area (TPSA) is 55.2 Å². The molecule has 0 spiro atoms. The van der Waals surface area contributed by atoms with Crippen LogP contribution in [0.1, 0.15) is 16.7 Å². The molecule has 1 N–H and O–H groups in total. The molecule has 2 aromatic carbocycles. The van der Waals surface area contributed by atoms with E-state index in [1.165, 1.54) is 11.6 Å². The quantitative estimate of drug-likeness (QED) is 0.667. The minimum absolute atomic E-state index is 0.0648. The lowest BCUT2D eigenvalue weighted by Crippen LogP contribution is -2.02. The van der Waals surface area contributed by atoms with E-state index in [0.29, 0.717) is 6.54 Å². The summed E-state index contributed by atoms with van der Waals surface area (Å²) < 4.78 is 0. The molecule has 5 heteroatoms. The highest BCUT2D eigenvalue weighted by Gasteiger charge is 2.14. The second-order valence-corrected chi connectivity index (χ2v) is 5.12. The van der Waals surface area contributed by atoms with Crippen molar-refractivity contribution in [2.24, 2.45) is 0 Å². The molecule has 0 amide bonds. The number of aryl methyl sites for hydroxylation is 2. The number of anilines is 1. The number of halogens is 1. The molecule has 0 saturated carbocycles. The summed E-state index contributed by atoms with van der Waals surface area (Å²) in [7, 11) is 0. The molecule has 20 heavy (non-hydrogen) atoms. The molecule has 104 valence electrons. The van der Waals surface area contributed by atoms with Crippen molar-refractivity contribution in [1.29, 1.82) is 0 Å². The number of nitro benzene ring substituents is 1. The fraction of sp³-hybridized carbons (Fsp3) is 0.200. The first kappa shape index (κ1) is 14.3. The standard InChI is InChI=1S/C15H15ClN2O2/c1-10-3-5-12(6-4-10)9-17-14-8-13(16)15(18(19)20)7-11(14)2/h3-8,17H,9H2,1-2H3. The Morgan fingerprint density at radius 3 is 2.45 bits per heavy atom. The van der Waals surface area contributed by atoms with E-state index < -0.39 is 4.92 Å². The van der Waals surface area contributed by atoms with Crippen LogP contribution < -0.4 is 5.32 Å². The molecular weight excluding hydrogens is 276 g/mol. The Balaban J connectivity index is 2.16. The van der Waals surface area contributed by atoms with Crippen LogP contribution in [0.4, 0.5) is 11.4 Å². The Labute approximate surface area is 122 Å². The van der Waals surface area contributed by atoms with Crippen LogP contribution in [0.3, 0.4) is 0 Å². The largest absolute Gasteiger partial charge is 0.381 e. The Morgan fingerprint density at radius 1 is 1.20 bits per heavy atom. The zero-order valence-electron chi connectivity index (χ0n) is 11.3. The van der Waals surface area contributed by atoms with Crippen molar-refractivity contribution < 1.29 is 4.92 Å². The van der Waals surface area contributed by atoms with Gasteiger partial charge in [0.15, 0.2) is 0 Å². The summed E-state index contributed by atoms with van der Waals surface area (Å²) in [6, 6.07) is 11.3. The van der Waals surface area contributed by atoms with E-state index in [2.05, 4.69) is 5.32 Å². The van der Waals surface area contributed by atoms with Crippen LogP contribution in [0.2, 0.25) is 5.02 Å². The van der Waals surface area contributed by atoms with Gasteiger partial charge in [0.1, 0.15) is 5.02 Å². The van der Waals surface area contributed by atoms with Crippen LogP contribution in [-0.4, -0.2) is 4.92 Å². The smallest absolute Gasteiger partial charge is 0.288 e. The highest BCUT2D eigenvalue weighted by atomic mass is 35.5. The predicted octanol–water partition coefficient (Wildman–Crippen LogP) is 4.48. The molecule has 0 bridgehead atoms. The zero-order valence-corrected chi connectivity index (χ0v) is 12.1. The molecule has 0 heterocycles. The van der Waals surface area contributed by atoms with Gasteiger partial charge in [0.05, 0.1) is 4.92 Å². The highest BCUT2D eigenvalue weighted by Crippen LogP contribution is 2.30. The number of benzene rings is 2. The molecule has 0 atom stereocenters. The summed E-state index contributed by atoms with van der Waals surface area (Å²) in [4.78, 5) is 10.3. The summed E-state index contributed by atoms with van der Waals surface area (Å²) in [5, 5.41) is 14.2. The summed E-state index contributed by atoms with van der Waals surface area (Å²) in [6.45, 7) is 4.51. The molecule has 2 aromatic rings. The average molecular weight is 291 g/mol. The third-order valence-corrected chi connectivity index (χ3v) is 3.40. The number of nitro groups is 1. The maximum Gasteiger partial charge on any atom is 0.288 e. The summed E-state index contributed by atoms with van der Waals surface area (Å²) in [5.41, 5.74) is 3.90. The van der Waals surface area contributed by atoms with Crippen LogP contribution in [0.5, 0.6) is 0 Å². The van der Waals surface area contributed by atoms with Crippen molar-refractivity contribution in [3.63, 3.8) is 0 Å². The third kappa shape index (κ3) is 3.27. The number of hydrogen-bond donors (Lipinski definition) is 1. The monoisotopic (exact) mass is 290 g/mol. The Bertz CT molecular complexity index is 639. The first-order valence-corrected chi connectivity index (χ1v) is 6.59. The van der Waals surface area contributed by atoms with Crippen LogP contribution in [0, 0.1) is 24.0 Å². The number of rotatable bonds is 4. The summed E-state index contributed by atoms with van der Waals surface area (Å²) in [5.74, 6) is 0. The highest BCUT2D eigenvalue weighted by molar-refractivity contribution is 6.33. The molecule has 0 radical (unpaired) electrons. The molecule has 0 aliphatic heterocycles. The van der Waals surface area contributed by atoms with E-state index in [1.54, 1.807) is 6.07 Å². The maximum absolute atomic E-state index is 10.8. The van der Waals surface area contributed by atoms with Gasteiger partial charge in [-0.1, -0.05) is 41.4 Å². The van der Waals surface area contributed by atoms with Gasteiger partial charge in [0.2, 0.25) is 0 Å². The van der Waals surface area contributed by atoms with Gasteiger partial charge in [0, 0.05) is 18.3 Å². The van der Waals surface area contributed by atoms with Crippen molar-refractivity contribution in [2.75, 3.05) is 5.32 Å². The third-order valence-electron chi connectivity index (χ3n) is 3.09. The molecule has 0 aliphatic rings. The lowest BCUT2D eigenvalue weighted by Gasteiger charge is -2.10. The van der Waals surface area contributed by atoms with E-state index in [0.717, 1.165) is 16.8 Å². The van der Waals surface area contributed by atoms with Gasteiger partial charge in [-0.3, -0.25) is 10.1 Å². The molecular formula is C15H15ClN2O2. The van der Waals surface area contributed by atoms with E-state index in [4.69, 9.17) is 11.6 Å². The van der Waals surface area contributed by atoms with Crippen LogP contribution in [0.15, 0.2) is 36.4 Å². The Hall–Kier alpha value is -2.07. The van der Waals surface area contributed by atoms with Crippen molar-refractivity contribution in [1.82, 2.24) is 0 Å². The van der Waals surface area contributed by atoms with E-state index >= 15 is 0 Å². The van der Waals surface area contributed by atoms with Crippen LogP contribution in [-0.2, 0) is 6.54 Å². The van der Waals surface area contributed by atoms with Gasteiger partial charge in [0.25, 0.3) is 5.69 Å². The lowest BCUT2D eigenvalue weighted by molar-refractivity contribution is -0.384. The molecule has 2 rings (SSSR count). The second kappa shape index (κ2) is 5.92. The molecule has 0 saturated heterocycles. The fourth-order valence-corrected chi connectivity index (χ4v) is 2.13. The van der Waals surface area contributed by atoms with Crippen LogP contribution >= 0.6 is 11.6 Å². The van der Waals surface area contributed by atoms with Crippen LogP contribution in [0.25, 0.3) is 0 Å². The maximum atomic E-state index is 10.8. The summed E-state index contributed by atoms with van der Waals surface area (Å²) >= 11 is 5.92. The van der Waals surface area contributed by atoms with Gasteiger partial charge in [-0.05, 0) is 31.0 Å². The van der Waals surface area contributed by atoms with Gasteiger partial charge in [-0.2, -0.15) is 0 Å². The van der Waals surface area contributed by atoms with Crippen molar-refractivity contribution in [3.05, 3.63) is 68.2 Å². The fourth-order valence-electron chi connectivity index (χ4n) is 1.90. The molecule has 0 aliphatic carbocycles. The van der Waals surface area contributed by atoms with E-state index in [-0.39, 0.29) is 10.7 Å². The van der Waals surface area contributed by atoms with Gasteiger partial charge < -0.3 is 5.32 Å². The minimum atomic E-state index is -0.473. The summed E-state index contributed by atoms with van der Waals surface area (Å²) in [6.07, 6.45) is 0. The molecule has 0 fully saturated rings. The Kier molecular flexibility index (Phi) is 4.25. The zero-order chi connectivity index (χ0) is 14.7. The molecule has 4 nitrogen and oxygen atoms in total. The van der Waals surface area contributed by atoms with Crippen molar-refractivity contribution in [2.45, 2.75) is 20.4 Å². The van der Waals surface area contributed by atoms with Crippen molar-refractivity contribution >= 4 is 23.0 Å². The van der Waals surface area contributed by atoms with Gasteiger partial charge in [-0.25, -0.2) is 0 Å². The number of hydrogen-bond acceptors (Lipinski definition) is 3. The van der Waals surface area contributed by atoms with Crippen molar-refractivity contribution in [3.8, 4) is 0 Å². The second-order valence-electron chi connectivity index (χ2n) is 4.71. The molecule has 0 aromatic heterocycles. The Morgan fingerprint density at radius 2 is 1.85 bits per heavy atom.